The van der Waals surface area contributed by atoms with Crippen molar-refractivity contribution in [2.24, 2.45) is 0 Å². The molecule has 0 N–H and O–H groups in total. The topological polar surface area (TPSA) is 47.1 Å². The van der Waals surface area contributed by atoms with Gasteiger partial charge in [0.2, 0.25) is 0 Å². The number of hydrogen-bond donors (Lipinski definition) is 0. The molecule has 0 aromatic carbocycles. The molecule has 0 aromatic heterocycles. The van der Waals surface area contributed by atoms with Gasteiger partial charge in [-0.3, -0.25) is 0 Å². The number of fused-ring (bicyclic) bond motifs is 1. The summed E-state index contributed by atoms with van der Waals surface area (Å²) < 4.78 is 0. The summed E-state index contributed by atoms with van der Waals surface area (Å²) in [5, 5.41) is 0. The van der Waals surface area contributed by atoms with E-state index < -0.39 is 0 Å². The minimum absolute atomic E-state index is 0.0364. The number of nitrogens with zero attached hydrogens (tertiary/aromatic N) is 4. The smallest absolute Gasteiger partial charge is 0.303 e. The minimum Gasteiger partial charge on any atom is -0.303 e. The van der Waals surface area contributed by atoms with Gasteiger partial charge in [0, 0.05) is 27.2 Å². The van der Waals surface area contributed by atoms with E-state index in [2.05, 4.69) is 13.8 Å². The lowest BCUT2D eigenvalue weighted by atomic mass is 10.2. The summed E-state index contributed by atoms with van der Waals surface area (Å²) in [7, 11) is 3.61. The van der Waals surface area contributed by atoms with Gasteiger partial charge in [0.05, 0.1) is 0 Å². The van der Waals surface area contributed by atoms with E-state index in [1.807, 2.05) is 9.80 Å². The number of urea groups is 2. The molecule has 2 rings (SSSR count). The molecule has 2 heterocycles. The zero-order valence-corrected chi connectivity index (χ0v) is 13.0. The molecule has 20 heavy (non-hydrogen) atoms. The number of hydrogen-bond acceptors (Lipinski definition) is 2. The maximum Gasteiger partial charge on any atom is 0.323 e. The Labute approximate surface area is 121 Å². The van der Waals surface area contributed by atoms with Crippen molar-refractivity contribution in [3.8, 4) is 0 Å². The highest BCUT2D eigenvalue weighted by Crippen LogP contribution is 2.33. The Balaban J connectivity index is 2.20. The van der Waals surface area contributed by atoms with Gasteiger partial charge in [-0.05, 0) is 12.8 Å². The fourth-order valence-corrected chi connectivity index (χ4v) is 3.11. The lowest BCUT2D eigenvalue weighted by Crippen LogP contribution is -2.44. The van der Waals surface area contributed by atoms with Gasteiger partial charge >= 0.3 is 12.1 Å². The van der Waals surface area contributed by atoms with Crippen LogP contribution >= 0.6 is 0 Å². The summed E-state index contributed by atoms with van der Waals surface area (Å²) in [6.45, 7) is 5.66. The third-order valence-electron chi connectivity index (χ3n) is 4.30. The van der Waals surface area contributed by atoms with Gasteiger partial charge in [0.15, 0.2) is 0 Å². The Morgan fingerprint density at radius 3 is 1.45 bits per heavy atom. The Morgan fingerprint density at radius 2 is 1.15 bits per heavy atom. The molecular weight excluding hydrogens is 256 g/mol. The molecule has 0 aromatic rings. The Hall–Kier alpha value is -1.46. The monoisotopic (exact) mass is 282 g/mol. The highest BCUT2D eigenvalue weighted by atomic mass is 16.2. The van der Waals surface area contributed by atoms with E-state index in [4.69, 9.17) is 0 Å². The predicted octanol–water partition coefficient (Wildman–Crippen LogP) is 1.97. The summed E-state index contributed by atoms with van der Waals surface area (Å²) in [5.41, 5.74) is 0. The van der Waals surface area contributed by atoms with E-state index >= 15 is 0 Å². The predicted molar refractivity (Wildman–Crippen MR) is 77.1 cm³/mol. The molecule has 2 fully saturated rings. The van der Waals surface area contributed by atoms with Crippen LogP contribution in [-0.2, 0) is 0 Å². The van der Waals surface area contributed by atoms with E-state index in [-0.39, 0.29) is 24.4 Å². The van der Waals surface area contributed by atoms with Crippen LogP contribution in [0.2, 0.25) is 0 Å². The van der Waals surface area contributed by atoms with Crippen molar-refractivity contribution < 1.29 is 9.59 Å². The van der Waals surface area contributed by atoms with Crippen molar-refractivity contribution in [2.45, 2.75) is 51.9 Å². The summed E-state index contributed by atoms with van der Waals surface area (Å²) in [6, 6.07) is 0.0728. The molecule has 2 aliphatic heterocycles. The van der Waals surface area contributed by atoms with Crippen LogP contribution in [0.25, 0.3) is 0 Å². The van der Waals surface area contributed by atoms with Crippen molar-refractivity contribution in [3.63, 3.8) is 0 Å². The highest BCUT2D eigenvalue weighted by molar-refractivity contribution is 5.84. The fraction of sp³-hybridized carbons (Fsp3) is 0.857. The van der Waals surface area contributed by atoms with Gasteiger partial charge in [-0.2, -0.15) is 0 Å². The zero-order chi connectivity index (χ0) is 14.9. The average Bonchev–Trinajstić information content (AvgIpc) is 2.82. The Bertz CT molecular complexity index is 351. The number of carbonyl (C=O) groups excluding carboxylic acids is 2. The van der Waals surface area contributed by atoms with Crippen LogP contribution in [0.4, 0.5) is 9.59 Å². The van der Waals surface area contributed by atoms with Gasteiger partial charge in [0.1, 0.15) is 12.3 Å². The van der Waals surface area contributed by atoms with Crippen LogP contribution in [0.1, 0.15) is 39.5 Å². The first-order chi connectivity index (χ1) is 9.54. The second-order valence-corrected chi connectivity index (χ2v) is 5.71. The van der Waals surface area contributed by atoms with E-state index in [0.29, 0.717) is 0 Å². The van der Waals surface area contributed by atoms with Crippen LogP contribution in [0, 0.1) is 0 Å². The van der Waals surface area contributed by atoms with Crippen molar-refractivity contribution in [1.82, 2.24) is 19.6 Å². The molecular formula is C14H26N4O2. The van der Waals surface area contributed by atoms with Gasteiger partial charge in [0.25, 0.3) is 0 Å². The molecule has 4 amide bonds. The Morgan fingerprint density at radius 1 is 0.800 bits per heavy atom. The number of carbonyl (C=O) groups is 2. The molecule has 6 nitrogen and oxygen atoms in total. The molecule has 0 radical (unpaired) electrons. The number of rotatable bonds is 6. The van der Waals surface area contributed by atoms with Crippen molar-refractivity contribution in [2.75, 3.05) is 27.2 Å². The van der Waals surface area contributed by atoms with Crippen LogP contribution in [0.15, 0.2) is 0 Å². The van der Waals surface area contributed by atoms with Crippen molar-refractivity contribution in [3.05, 3.63) is 0 Å². The summed E-state index contributed by atoms with van der Waals surface area (Å²) in [6.07, 6.45) is 3.76. The third-order valence-corrected chi connectivity index (χ3v) is 4.30. The van der Waals surface area contributed by atoms with Gasteiger partial charge in [-0.15, -0.1) is 0 Å². The van der Waals surface area contributed by atoms with Gasteiger partial charge < -0.3 is 19.6 Å². The molecule has 0 bridgehead atoms. The molecule has 2 atom stereocenters. The van der Waals surface area contributed by atoms with Crippen molar-refractivity contribution in [1.29, 1.82) is 0 Å². The van der Waals surface area contributed by atoms with E-state index in [0.717, 1.165) is 38.8 Å². The number of unbranched alkanes of at least 4 members (excludes halogenated alkanes) is 2. The summed E-state index contributed by atoms with van der Waals surface area (Å²) in [4.78, 5) is 31.9. The quantitative estimate of drug-likeness (QED) is 0.748. The maximum absolute atomic E-state index is 12.4. The van der Waals surface area contributed by atoms with Crippen LogP contribution in [-0.4, -0.2) is 71.2 Å². The standard InChI is InChI=1S/C14H26N4O2/c1-5-7-9-17-11-12(16(4)13(17)19)18(10-8-6-2)14(20)15(11)3/h11-12H,5-10H2,1-4H3/t11-,12-/m1/s1. The Kier molecular flexibility index (Phi) is 4.40. The van der Waals surface area contributed by atoms with E-state index in [9.17, 15) is 9.59 Å². The minimum atomic E-state index is -0.136. The fourth-order valence-electron chi connectivity index (χ4n) is 3.11. The summed E-state index contributed by atoms with van der Waals surface area (Å²) >= 11 is 0. The SMILES string of the molecule is CCCCN1C(=O)N(C)[C@H]2[C@@H]1N(C)C(=O)N2CCCC. The largest absolute Gasteiger partial charge is 0.323 e. The number of amides is 4. The molecule has 0 aliphatic carbocycles. The molecule has 2 aliphatic rings. The lowest BCUT2D eigenvalue weighted by molar-refractivity contribution is 0.143. The summed E-state index contributed by atoms with van der Waals surface area (Å²) in [5.74, 6) is 0. The molecule has 0 spiro atoms. The van der Waals surface area contributed by atoms with Gasteiger partial charge in [-0.25, -0.2) is 9.59 Å². The van der Waals surface area contributed by atoms with E-state index in [1.165, 1.54) is 0 Å². The van der Waals surface area contributed by atoms with Crippen molar-refractivity contribution >= 4 is 12.1 Å². The van der Waals surface area contributed by atoms with Crippen LogP contribution in [0.5, 0.6) is 0 Å². The second-order valence-electron chi connectivity index (χ2n) is 5.71. The van der Waals surface area contributed by atoms with Crippen LogP contribution < -0.4 is 0 Å². The molecule has 6 heteroatoms. The first kappa shape index (κ1) is 14.9. The average molecular weight is 282 g/mol. The zero-order valence-electron chi connectivity index (χ0n) is 13.0. The molecule has 2 saturated heterocycles. The molecule has 0 unspecified atom stereocenters. The third kappa shape index (κ3) is 2.21. The molecule has 0 saturated carbocycles. The second kappa shape index (κ2) is 5.89. The number of likely N-dealkylation sites (N-methyl/N-ethyl adjacent to an activating group) is 2. The highest BCUT2D eigenvalue weighted by Gasteiger charge is 2.56. The maximum atomic E-state index is 12.4. The normalized spacial score (nSPS) is 26.0. The first-order valence-corrected chi connectivity index (χ1v) is 7.61. The van der Waals surface area contributed by atoms with Crippen LogP contribution in [0.3, 0.4) is 0 Å². The van der Waals surface area contributed by atoms with E-state index in [1.54, 1.807) is 23.9 Å². The lowest BCUT2D eigenvalue weighted by Gasteiger charge is -2.26. The first-order valence-electron chi connectivity index (χ1n) is 7.61. The van der Waals surface area contributed by atoms with Gasteiger partial charge in [-0.1, -0.05) is 26.7 Å². The molecule has 114 valence electrons.